The maximum atomic E-state index is 13.0. The quantitative estimate of drug-likeness (QED) is 0.666. The van der Waals surface area contributed by atoms with Gasteiger partial charge < -0.3 is 4.42 Å². The summed E-state index contributed by atoms with van der Waals surface area (Å²) < 4.78 is 18.6. The van der Waals surface area contributed by atoms with Crippen molar-refractivity contribution in [2.45, 2.75) is 25.7 Å². The molecule has 0 radical (unpaired) electrons. The molecule has 0 fully saturated rings. The van der Waals surface area contributed by atoms with E-state index >= 15 is 0 Å². The average molecular weight is 355 g/mol. The highest BCUT2D eigenvalue weighted by atomic mass is 32.1. The van der Waals surface area contributed by atoms with Crippen LogP contribution in [0.4, 0.5) is 4.39 Å². The highest BCUT2D eigenvalue weighted by Crippen LogP contribution is 2.24. The van der Waals surface area contributed by atoms with Gasteiger partial charge >= 0.3 is 0 Å². The summed E-state index contributed by atoms with van der Waals surface area (Å²) in [6.07, 6.45) is 1.97. The third kappa shape index (κ3) is 3.98. The molecule has 1 unspecified atom stereocenters. The summed E-state index contributed by atoms with van der Waals surface area (Å²) in [4.78, 5) is 20.7. The molecule has 0 aliphatic rings. The lowest BCUT2D eigenvalue weighted by Crippen LogP contribution is -2.11. The molecule has 126 valence electrons. The first-order valence-corrected chi connectivity index (χ1v) is 8.50. The van der Waals surface area contributed by atoms with Crippen molar-refractivity contribution in [2.75, 3.05) is 0 Å². The SMILES string of the molecule is Cc1csc(C(C#N)C(=O)CCc2ncc(-c3ccc(F)cc3)o2)n1. The van der Waals surface area contributed by atoms with Crippen molar-refractivity contribution in [3.8, 4) is 17.4 Å². The molecule has 1 aromatic carbocycles. The van der Waals surface area contributed by atoms with Gasteiger partial charge in [-0.3, -0.25) is 4.79 Å². The Kier molecular flexibility index (Phi) is 5.00. The Morgan fingerprint density at radius 3 is 2.80 bits per heavy atom. The van der Waals surface area contributed by atoms with E-state index in [0.29, 0.717) is 28.6 Å². The Morgan fingerprint density at radius 2 is 2.16 bits per heavy atom. The fourth-order valence-electron chi connectivity index (χ4n) is 2.32. The summed E-state index contributed by atoms with van der Waals surface area (Å²) in [5.74, 6) is -0.479. The lowest BCUT2D eigenvalue weighted by molar-refractivity contribution is -0.119. The predicted octanol–water partition coefficient (Wildman–Crippen LogP) is 4.05. The minimum Gasteiger partial charge on any atom is -0.441 e. The zero-order valence-electron chi connectivity index (χ0n) is 13.4. The van der Waals surface area contributed by atoms with Gasteiger partial charge in [0.1, 0.15) is 10.8 Å². The van der Waals surface area contributed by atoms with E-state index in [1.807, 2.05) is 18.4 Å². The molecular weight excluding hydrogens is 341 g/mol. The molecule has 2 heterocycles. The molecule has 5 nitrogen and oxygen atoms in total. The molecule has 0 N–H and O–H groups in total. The Bertz CT molecular complexity index is 924. The van der Waals surface area contributed by atoms with Crippen LogP contribution < -0.4 is 0 Å². The van der Waals surface area contributed by atoms with Crippen LogP contribution in [0.5, 0.6) is 0 Å². The zero-order chi connectivity index (χ0) is 17.8. The maximum absolute atomic E-state index is 13.0. The molecule has 1 atom stereocenters. The summed E-state index contributed by atoms with van der Waals surface area (Å²) in [7, 11) is 0. The number of carbonyl (C=O) groups excluding carboxylic acids is 1. The lowest BCUT2D eigenvalue weighted by Gasteiger charge is -2.03. The molecule has 0 amide bonds. The molecule has 3 rings (SSSR count). The first kappa shape index (κ1) is 17.0. The average Bonchev–Trinajstić information content (AvgIpc) is 3.24. The fraction of sp³-hybridized carbons (Fsp3) is 0.222. The van der Waals surface area contributed by atoms with Gasteiger partial charge in [-0.15, -0.1) is 11.3 Å². The van der Waals surface area contributed by atoms with Gasteiger partial charge in [-0.2, -0.15) is 5.26 Å². The summed E-state index contributed by atoms with van der Waals surface area (Å²) >= 11 is 1.31. The first-order chi connectivity index (χ1) is 12.1. The van der Waals surface area contributed by atoms with E-state index in [4.69, 9.17) is 4.42 Å². The third-order valence-corrected chi connectivity index (χ3v) is 4.63. The Balaban J connectivity index is 1.64. The van der Waals surface area contributed by atoms with E-state index in [1.54, 1.807) is 18.3 Å². The second-order valence-corrected chi connectivity index (χ2v) is 6.37. The fourth-order valence-corrected chi connectivity index (χ4v) is 3.18. The van der Waals surface area contributed by atoms with Gasteiger partial charge in [0, 0.05) is 29.5 Å². The third-order valence-electron chi connectivity index (χ3n) is 3.60. The van der Waals surface area contributed by atoms with Gasteiger partial charge in [0.25, 0.3) is 0 Å². The molecule has 0 saturated carbocycles. The number of hydrogen-bond acceptors (Lipinski definition) is 6. The molecule has 7 heteroatoms. The predicted molar refractivity (Wildman–Crippen MR) is 90.4 cm³/mol. The standard InChI is InChI=1S/C18H14FN3O2S/c1-11-10-25-18(22-11)14(8-20)15(23)6-7-17-21-9-16(24-17)12-2-4-13(19)5-3-12/h2-5,9-10,14H,6-7H2,1H3. The van der Waals surface area contributed by atoms with Gasteiger partial charge in [-0.05, 0) is 31.2 Å². The van der Waals surface area contributed by atoms with Crippen LogP contribution in [0.15, 0.2) is 40.3 Å². The van der Waals surface area contributed by atoms with Gasteiger partial charge in [0.2, 0.25) is 0 Å². The number of ketones is 1. The molecule has 0 aliphatic heterocycles. The van der Waals surface area contributed by atoms with Crippen LogP contribution in [0.3, 0.4) is 0 Å². The molecule has 0 saturated heterocycles. The Hall–Kier alpha value is -2.85. The van der Waals surface area contributed by atoms with Crippen LogP contribution in [-0.2, 0) is 11.2 Å². The van der Waals surface area contributed by atoms with Gasteiger partial charge in [-0.25, -0.2) is 14.4 Å². The second kappa shape index (κ2) is 7.36. The number of rotatable bonds is 6. The van der Waals surface area contributed by atoms with Crippen LogP contribution in [0.2, 0.25) is 0 Å². The van der Waals surface area contributed by atoms with Gasteiger partial charge in [0.15, 0.2) is 23.4 Å². The van der Waals surface area contributed by atoms with Crippen molar-refractivity contribution in [3.05, 3.63) is 58.3 Å². The van der Waals surface area contributed by atoms with Crippen LogP contribution in [0.1, 0.15) is 28.9 Å². The minimum atomic E-state index is -0.856. The summed E-state index contributed by atoms with van der Waals surface area (Å²) in [6.45, 7) is 1.82. The monoisotopic (exact) mass is 355 g/mol. The zero-order valence-corrected chi connectivity index (χ0v) is 14.2. The number of halogens is 1. The smallest absolute Gasteiger partial charge is 0.195 e. The van der Waals surface area contributed by atoms with Crippen molar-refractivity contribution in [1.29, 1.82) is 5.26 Å². The topological polar surface area (TPSA) is 79.8 Å². The highest BCUT2D eigenvalue weighted by molar-refractivity contribution is 7.09. The van der Waals surface area contributed by atoms with Crippen LogP contribution in [-0.4, -0.2) is 15.8 Å². The van der Waals surface area contributed by atoms with Crippen LogP contribution in [0.25, 0.3) is 11.3 Å². The maximum Gasteiger partial charge on any atom is 0.195 e. The van der Waals surface area contributed by atoms with Crippen molar-refractivity contribution in [2.24, 2.45) is 0 Å². The van der Waals surface area contributed by atoms with Crippen molar-refractivity contribution >= 4 is 17.1 Å². The number of aromatic nitrogens is 2. The first-order valence-electron chi connectivity index (χ1n) is 7.62. The van der Waals surface area contributed by atoms with E-state index in [2.05, 4.69) is 9.97 Å². The molecular formula is C18H14FN3O2S. The van der Waals surface area contributed by atoms with Crippen molar-refractivity contribution < 1.29 is 13.6 Å². The number of hydrogen-bond donors (Lipinski definition) is 0. The summed E-state index contributed by atoms with van der Waals surface area (Å²) in [6, 6.07) is 7.90. The van der Waals surface area contributed by atoms with Crippen molar-refractivity contribution in [3.63, 3.8) is 0 Å². The van der Waals surface area contributed by atoms with Crippen molar-refractivity contribution in [1.82, 2.24) is 9.97 Å². The lowest BCUT2D eigenvalue weighted by atomic mass is 10.0. The molecule has 25 heavy (non-hydrogen) atoms. The van der Waals surface area contributed by atoms with Crippen LogP contribution >= 0.6 is 11.3 Å². The van der Waals surface area contributed by atoms with E-state index in [0.717, 1.165) is 5.69 Å². The van der Waals surface area contributed by atoms with Crippen LogP contribution in [0, 0.1) is 24.1 Å². The second-order valence-electron chi connectivity index (χ2n) is 5.48. The normalized spacial score (nSPS) is 11.9. The number of benzene rings is 1. The van der Waals surface area contributed by atoms with Gasteiger partial charge in [-0.1, -0.05) is 0 Å². The van der Waals surface area contributed by atoms with E-state index in [1.165, 1.54) is 23.5 Å². The number of nitrogens with zero attached hydrogens (tertiary/aromatic N) is 3. The number of oxazole rings is 1. The number of nitriles is 1. The molecule has 0 spiro atoms. The Morgan fingerprint density at radius 1 is 1.40 bits per heavy atom. The molecule has 2 aromatic heterocycles. The number of Topliss-reactive ketones (excluding diaryl/α,β-unsaturated/α-hetero) is 1. The minimum absolute atomic E-state index is 0.139. The highest BCUT2D eigenvalue weighted by Gasteiger charge is 2.23. The summed E-state index contributed by atoms with van der Waals surface area (Å²) in [5.41, 5.74) is 1.50. The number of carbonyl (C=O) groups is 1. The molecule has 0 bridgehead atoms. The van der Waals surface area contributed by atoms with E-state index < -0.39 is 5.92 Å². The Labute approximate surface area is 147 Å². The van der Waals surface area contributed by atoms with Gasteiger partial charge in [0.05, 0.1) is 12.3 Å². The molecule has 0 aliphatic carbocycles. The van der Waals surface area contributed by atoms with E-state index in [-0.39, 0.29) is 18.0 Å². The number of aryl methyl sites for hydroxylation is 2. The summed E-state index contributed by atoms with van der Waals surface area (Å²) in [5, 5.41) is 11.6. The van der Waals surface area contributed by atoms with E-state index in [9.17, 15) is 14.4 Å². The number of thiazole rings is 1. The largest absolute Gasteiger partial charge is 0.441 e. The molecule has 3 aromatic rings.